The summed E-state index contributed by atoms with van der Waals surface area (Å²) in [4.78, 5) is 2.22. The Morgan fingerprint density at radius 2 is 2.18 bits per heavy atom. The van der Waals surface area contributed by atoms with Gasteiger partial charge in [-0.3, -0.25) is 4.90 Å². The van der Waals surface area contributed by atoms with Crippen LogP contribution in [0.25, 0.3) is 0 Å². The SMILES string of the molecule is CC(C)N1CC[C@@H](F)[C@@H](N)C1. The Morgan fingerprint density at radius 1 is 1.55 bits per heavy atom. The van der Waals surface area contributed by atoms with Crippen LogP contribution in [0.2, 0.25) is 0 Å². The van der Waals surface area contributed by atoms with Gasteiger partial charge in [-0.05, 0) is 20.3 Å². The van der Waals surface area contributed by atoms with Gasteiger partial charge in [-0.1, -0.05) is 0 Å². The van der Waals surface area contributed by atoms with Crippen molar-refractivity contribution in [1.29, 1.82) is 0 Å². The van der Waals surface area contributed by atoms with Crippen molar-refractivity contribution in [2.75, 3.05) is 13.1 Å². The molecule has 11 heavy (non-hydrogen) atoms. The van der Waals surface area contributed by atoms with Crippen LogP contribution in [0, 0.1) is 0 Å². The summed E-state index contributed by atoms with van der Waals surface area (Å²) in [5.74, 6) is 0. The van der Waals surface area contributed by atoms with Gasteiger partial charge in [-0.15, -0.1) is 0 Å². The van der Waals surface area contributed by atoms with Crippen molar-refractivity contribution in [3.63, 3.8) is 0 Å². The predicted octanol–water partition coefficient (Wildman–Crippen LogP) is 0.766. The van der Waals surface area contributed by atoms with E-state index in [2.05, 4.69) is 18.7 Å². The normalized spacial score (nSPS) is 34.6. The average Bonchev–Trinajstić information content (AvgIpc) is 1.94. The van der Waals surface area contributed by atoms with Gasteiger partial charge < -0.3 is 5.73 Å². The molecule has 1 rings (SSSR count). The van der Waals surface area contributed by atoms with Crippen molar-refractivity contribution in [1.82, 2.24) is 4.90 Å². The molecule has 1 heterocycles. The number of alkyl halides is 1. The highest BCUT2D eigenvalue weighted by Gasteiger charge is 2.26. The van der Waals surface area contributed by atoms with Crippen LogP contribution in [-0.2, 0) is 0 Å². The molecule has 2 nitrogen and oxygen atoms in total. The van der Waals surface area contributed by atoms with E-state index in [1.54, 1.807) is 0 Å². The molecule has 0 amide bonds. The van der Waals surface area contributed by atoms with Crippen molar-refractivity contribution in [2.45, 2.75) is 38.5 Å². The highest BCUT2D eigenvalue weighted by atomic mass is 19.1. The van der Waals surface area contributed by atoms with Gasteiger partial charge in [0, 0.05) is 25.2 Å². The van der Waals surface area contributed by atoms with E-state index in [4.69, 9.17) is 5.73 Å². The zero-order valence-electron chi connectivity index (χ0n) is 7.26. The van der Waals surface area contributed by atoms with E-state index in [1.807, 2.05) is 0 Å². The minimum Gasteiger partial charge on any atom is -0.324 e. The van der Waals surface area contributed by atoms with Crippen LogP contribution in [0.1, 0.15) is 20.3 Å². The van der Waals surface area contributed by atoms with Gasteiger partial charge in [0.15, 0.2) is 0 Å². The zero-order chi connectivity index (χ0) is 8.43. The summed E-state index contributed by atoms with van der Waals surface area (Å²) in [7, 11) is 0. The minimum absolute atomic E-state index is 0.272. The Hall–Kier alpha value is -0.150. The molecule has 0 aromatic heterocycles. The van der Waals surface area contributed by atoms with Crippen LogP contribution in [0.15, 0.2) is 0 Å². The molecule has 1 aliphatic rings. The number of hydrogen-bond acceptors (Lipinski definition) is 2. The van der Waals surface area contributed by atoms with E-state index >= 15 is 0 Å². The summed E-state index contributed by atoms with van der Waals surface area (Å²) in [6.07, 6.45) is -0.190. The van der Waals surface area contributed by atoms with Gasteiger partial charge in [0.1, 0.15) is 6.17 Å². The van der Waals surface area contributed by atoms with Crippen LogP contribution in [0.5, 0.6) is 0 Å². The van der Waals surface area contributed by atoms with Crippen molar-refractivity contribution >= 4 is 0 Å². The predicted molar refractivity (Wildman–Crippen MR) is 44.2 cm³/mol. The summed E-state index contributed by atoms with van der Waals surface area (Å²) in [5, 5.41) is 0. The number of halogens is 1. The lowest BCUT2D eigenvalue weighted by Crippen LogP contribution is -2.51. The molecule has 1 saturated heterocycles. The minimum atomic E-state index is -0.787. The molecule has 0 bridgehead atoms. The Bertz CT molecular complexity index is 127. The first-order chi connectivity index (χ1) is 5.11. The molecule has 0 aliphatic carbocycles. The van der Waals surface area contributed by atoms with E-state index in [-0.39, 0.29) is 6.04 Å². The lowest BCUT2D eigenvalue weighted by Gasteiger charge is -2.35. The maximum absolute atomic E-state index is 12.9. The average molecular weight is 160 g/mol. The largest absolute Gasteiger partial charge is 0.324 e. The Labute approximate surface area is 67.6 Å². The van der Waals surface area contributed by atoms with Crippen LogP contribution in [0.3, 0.4) is 0 Å². The van der Waals surface area contributed by atoms with E-state index in [9.17, 15) is 4.39 Å². The molecule has 1 aliphatic heterocycles. The fourth-order valence-electron chi connectivity index (χ4n) is 1.45. The standard InChI is InChI=1S/C8H17FN2/c1-6(2)11-4-3-7(9)8(10)5-11/h6-8H,3-5,10H2,1-2H3/t7-,8+/m1/s1. The van der Waals surface area contributed by atoms with Crippen molar-refractivity contribution in [3.8, 4) is 0 Å². The third kappa shape index (κ3) is 2.14. The Balaban J connectivity index is 2.40. The van der Waals surface area contributed by atoms with Crippen LogP contribution < -0.4 is 5.73 Å². The molecule has 0 aromatic carbocycles. The number of hydrogen-bond donors (Lipinski definition) is 1. The maximum atomic E-state index is 12.9. The number of rotatable bonds is 1. The van der Waals surface area contributed by atoms with Crippen LogP contribution in [-0.4, -0.2) is 36.2 Å². The molecule has 0 aromatic rings. The smallest absolute Gasteiger partial charge is 0.118 e. The summed E-state index contributed by atoms with van der Waals surface area (Å²) in [6.45, 7) is 5.79. The first-order valence-electron chi connectivity index (χ1n) is 4.25. The number of nitrogens with two attached hydrogens (primary N) is 1. The third-order valence-corrected chi connectivity index (χ3v) is 2.33. The quantitative estimate of drug-likeness (QED) is 0.614. The first-order valence-corrected chi connectivity index (χ1v) is 4.25. The highest BCUT2D eigenvalue weighted by molar-refractivity contribution is 4.84. The maximum Gasteiger partial charge on any atom is 0.118 e. The van der Waals surface area contributed by atoms with Gasteiger partial charge >= 0.3 is 0 Å². The topological polar surface area (TPSA) is 29.3 Å². The number of likely N-dealkylation sites (tertiary alicyclic amines) is 1. The third-order valence-electron chi connectivity index (χ3n) is 2.33. The summed E-state index contributed by atoms with van der Waals surface area (Å²) < 4.78 is 12.9. The molecule has 0 saturated carbocycles. The molecule has 0 spiro atoms. The molecule has 3 heteroatoms. The lowest BCUT2D eigenvalue weighted by molar-refractivity contribution is 0.104. The molecule has 66 valence electrons. The van der Waals surface area contributed by atoms with Crippen molar-refractivity contribution in [2.24, 2.45) is 5.73 Å². The van der Waals surface area contributed by atoms with E-state index in [1.165, 1.54) is 0 Å². The number of nitrogens with zero attached hydrogens (tertiary/aromatic N) is 1. The van der Waals surface area contributed by atoms with Gasteiger partial charge in [0.05, 0.1) is 0 Å². The van der Waals surface area contributed by atoms with Crippen LogP contribution in [0.4, 0.5) is 4.39 Å². The molecular formula is C8H17FN2. The van der Waals surface area contributed by atoms with Crippen LogP contribution >= 0.6 is 0 Å². The van der Waals surface area contributed by atoms with E-state index < -0.39 is 6.17 Å². The van der Waals surface area contributed by atoms with Gasteiger partial charge in [0.25, 0.3) is 0 Å². The highest BCUT2D eigenvalue weighted by Crippen LogP contribution is 2.14. The molecule has 2 atom stereocenters. The van der Waals surface area contributed by atoms with Gasteiger partial charge in [-0.25, -0.2) is 4.39 Å². The summed E-state index contributed by atoms with van der Waals surface area (Å²) in [5.41, 5.74) is 5.59. The number of piperidine rings is 1. The van der Waals surface area contributed by atoms with Crippen molar-refractivity contribution in [3.05, 3.63) is 0 Å². The van der Waals surface area contributed by atoms with Gasteiger partial charge in [-0.2, -0.15) is 0 Å². The second kappa shape index (κ2) is 3.50. The first kappa shape index (κ1) is 8.94. The van der Waals surface area contributed by atoms with Gasteiger partial charge in [0.2, 0.25) is 0 Å². The fourth-order valence-corrected chi connectivity index (χ4v) is 1.45. The lowest BCUT2D eigenvalue weighted by atomic mass is 10.0. The summed E-state index contributed by atoms with van der Waals surface area (Å²) in [6, 6.07) is 0.222. The zero-order valence-corrected chi connectivity index (χ0v) is 7.26. The van der Waals surface area contributed by atoms with Crippen molar-refractivity contribution < 1.29 is 4.39 Å². The summed E-state index contributed by atoms with van der Waals surface area (Å²) >= 11 is 0. The second-order valence-corrected chi connectivity index (χ2v) is 3.56. The monoisotopic (exact) mass is 160 g/mol. The van der Waals surface area contributed by atoms with E-state index in [0.29, 0.717) is 19.0 Å². The Kier molecular flexibility index (Phi) is 2.84. The fraction of sp³-hybridized carbons (Fsp3) is 1.00. The molecular weight excluding hydrogens is 143 g/mol. The van der Waals surface area contributed by atoms with E-state index in [0.717, 1.165) is 6.54 Å². The molecule has 1 fully saturated rings. The molecule has 0 radical (unpaired) electrons. The molecule has 0 unspecified atom stereocenters. The second-order valence-electron chi connectivity index (χ2n) is 3.56. The molecule has 2 N–H and O–H groups in total. The Morgan fingerprint density at radius 3 is 2.64 bits per heavy atom.